The average molecular weight is 337 g/mol. The molecule has 0 saturated carbocycles. The van der Waals surface area contributed by atoms with E-state index in [1.165, 1.54) is 55.2 Å². The summed E-state index contributed by atoms with van der Waals surface area (Å²) in [6.45, 7) is 5.86. The molecule has 2 nitrogen and oxygen atoms in total. The van der Waals surface area contributed by atoms with E-state index in [0.717, 1.165) is 6.54 Å². The number of likely N-dealkylation sites (N-methyl/N-ethyl adjacent to an activating group) is 1. The highest BCUT2D eigenvalue weighted by Crippen LogP contribution is 2.39. The van der Waals surface area contributed by atoms with Crippen molar-refractivity contribution in [3.05, 3.63) is 33.8 Å². The molecule has 20 heavy (non-hydrogen) atoms. The van der Waals surface area contributed by atoms with Gasteiger partial charge in [0.2, 0.25) is 0 Å². The SMILES string of the molecule is CCN(CC1CCCCN1)C1CCc2c(Br)cccc21. The van der Waals surface area contributed by atoms with Crippen molar-refractivity contribution >= 4 is 15.9 Å². The molecule has 1 aliphatic heterocycles. The summed E-state index contributed by atoms with van der Waals surface area (Å²) in [6, 6.07) is 8.01. The lowest BCUT2D eigenvalue weighted by Crippen LogP contribution is -2.44. The highest BCUT2D eigenvalue weighted by molar-refractivity contribution is 9.10. The first kappa shape index (κ1) is 14.6. The van der Waals surface area contributed by atoms with E-state index in [0.29, 0.717) is 12.1 Å². The molecule has 1 heterocycles. The zero-order valence-electron chi connectivity index (χ0n) is 12.4. The molecular formula is C17H25BrN2. The quantitative estimate of drug-likeness (QED) is 0.896. The predicted octanol–water partition coefficient (Wildman–Crippen LogP) is 3.90. The molecule has 2 aliphatic rings. The normalized spacial score (nSPS) is 25.9. The number of benzene rings is 1. The van der Waals surface area contributed by atoms with Crippen molar-refractivity contribution in [2.24, 2.45) is 0 Å². The summed E-state index contributed by atoms with van der Waals surface area (Å²) in [7, 11) is 0. The fourth-order valence-corrected chi connectivity index (χ4v) is 4.39. The van der Waals surface area contributed by atoms with Crippen molar-refractivity contribution < 1.29 is 0 Å². The van der Waals surface area contributed by atoms with Gasteiger partial charge in [-0.2, -0.15) is 0 Å². The third kappa shape index (κ3) is 2.95. The molecule has 0 aromatic heterocycles. The zero-order chi connectivity index (χ0) is 13.9. The smallest absolute Gasteiger partial charge is 0.0354 e. The highest BCUT2D eigenvalue weighted by Gasteiger charge is 2.29. The van der Waals surface area contributed by atoms with E-state index in [4.69, 9.17) is 0 Å². The van der Waals surface area contributed by atoms with Crippen LogP contribution in [0.15, 0.2) is 22.7 Å². The number of hydrogen-bond acceptors (Lipinski definition) is 2. The largest absolute Gasteiger partial charge is 0.313 e. The fourth-order valence-electron chi connectivity index (χ4n) is 3.81. The van der Waals surface area contributed by atoms with Crippen LogP contribution >= 0.6 is 15.9 Å². The van der Waals surface area contributed by atoms with E-state index in [-0.39, 0.29) is 0 Å². The van der Waals surface area contributed by atoms with Crippen molar-refractivity contribution in [1.82, 2.24) is 10.2 Å². The van der Waals surface area contributed by atoms with Crippen LogP contribution in [0.4, 0.5) is 0 Å². The van der Waals surface area contributed by atoms with Crippen LogP contribution in [0.25, 0.3) is 0 Å². The molecule has 1 aromatic carbocycles. The second-order valence-electron chi connectivity index (χ2n) is 6.10. The average Bonchev–Trinajstić information content (AvgIpc) is 2.91. The Balaban J connectivity index is 1.73. The van der Waals surface area contributed by atoms with Gasteiger partial charge in [0.1, 0.15) is 0 Å². The van der Waals surface area contributed by atoms with Gasteiger partial charge in [-0.1, -0.05) is 41.4 Å². The molecule has 1 saturated heterocycles. The lowest BCUT2D eigenvalue weighted by Gasteiger charge is -2.34. The standard InChI is InChI=1S/C17H25BrN2/c1-2-20(12-13-6-3-4-11-19-13)17-10-9-14-15(17)7-5-8-16(14)18/h5,7-8,13,17,19H,2-4,6,9-12H2,1H3. The Morgan fingerprint density at radius 2 is 2.20 bits per heavy atom. The Morgan fingerprint density at radius 3 is 2.95 bits per heavy atom. The Hall–Kier alpha value is -0.380. The van der Waals surface area contributed by atoms with Gasteiger partial charge in [0, 0.05) is 23.1 Å². The summed E-state index contributed by atoms with van der Waals surface area (Å²) < 4.78 is 1.30. The second-order valence-corrected chi connectivity index (χ2v) is 6.95. The number of piperidine rings is 1. The van der Waals surface area contributed by atoms with Gasteiger partial charge in [-0.3, -0.25) is 4.90 Å². The molecule has 3 heteroatoms. The first-order valence-corrected chi connectivity index (χ1v) is 8.83. The Morgan fingerprint density at radius 1 is 1.30 bits per heavy atom. The Labute approximate surface area is 131 Å². The maximum Gasteiger partial charge on any atom is 0.0354 e. The van der Waals surface area contributed by atoms with Crippen LogP contribution in [0, 0.1) is 0 Å². The summed E-state index contributed by atoms with van der Waals surface area (Å²) in [6.07, 6.45) is 6.58. The van der Waals surface area contributed by atoms with Gasteiger partial charge in [0.25, 0.3) is 0 Å². The molecule has 2 unspecified atom stereocenters. The lowest BCUT2D eigenvalue weighted by molar-refractivity contribution is 0.173. The van der Waals surface area contributed by atoms with Crippen molar-refractivity contribution in [3.8, 4) is 0 Å². The molecule has 1 N–H and O–H groups in total. The lowest BCUT2D eigenvalue weighted by atomic mass is 10.0. The van der Waals surface area contributed by atoms with Gasteiger partial charge in [0.05, 0.1) is 0 Å². The van der Waals surface area contributed by atoms with E-state index in [2.05, 4.69) is 51.3 Å². The number of nitrogens with zero attached hydrogens (tertiary/aromatic N) is 1. The molecule has 0 spiro atoms. The number of nitrogens with one attached hydrogen (secondary N) is 1. The second kappa shape index (κ2) is 6.59. The van der Waals surface area contributed by atoms with Crippen LogP contribution in [-0.2, 0) is 6.42 Å². The molecule has 0 bridgehead atoms. The maximum atomic E-state index is 3.71. The predicted molar refractivity (Wildman–Crippen MR) is 88.1 cm³/mol. The Bertz CT molecular complexity index is 454. The molecule has 1 fully saturated rings. The van der Waals surface area contributed by atoms with E-state index < -0.39 is 0 Å². The third-order valence-corrected chi connectivity index (χ3v) is 5.64. The topological polar surface area (TPSA) is 15.3 Å². The fraction of sp³-hybridized carbons (Fsp3) is 0.647. The molecule has 3 rings (SSSR count). The summed E-state index contributed by atoms with van der Waals surface area (Å²) >= 11 is 3.71. The maximum absolute atomic E-state index is 3.71. The van der Waals surface area contributed by atoms with Crippen LogP contribution in [0.2, 0.25) is 0 Å². The minimum atomic E-state index is 0.622. The Kier molecular flexibility index (Phi) is 4.79. The van der Waals surface area contributed by atoms with Gasteiger partial charge in [-0.25, -0.2) is 0 Å². The third-order valence-electron chi connectivity index (χ3n) is 4.90. The number of halogens is 1. The van der Waals surface area contributed by atoms with Crippen molar-refractivity contribution in [2.75, 3.05) is 19.6 Å². The minimum Gasteiger partial charge on any atom is -0.313 e. The van der Waals surface area contributed by atoms with E-state index in [9.17, 15) is 0 Å². The molecule has 110 valence electrons. The van der Waals surface area contributed by atoms with Gasteiger partial charge >= 0.3 is 0 Å². The minimum absolute atomic E-state index is 0.622. The van der Waals surface area contributed by atoms with Gasteiger partial charge < -0.3 is 5.32 Å². The first-order chi connectivity index (χ1) is 9.79. The van der Waals surface area contributed by atoms with Crippen molar-refractivity contribution in [3.63, 3.8) is 0 Å². The summed E-state index contributed by atoms with van der Waals surface area (Å²) in [5, 5.41) is 3.69. The molecule has 0 amide bonds. The molecular weight excluding hydrogens is 312 g/mol. The van der Waals surface area contributed by atoms with E-state index in [1.807, 2.05) is 0 Å². The molecule has 1 aromatic rings. The number of fused-ring (bicyclic) bond motifs is 1. The summed E-state index contributed by atoms with van der Waals surface area (Å²) in [4.78, 5) is 2.68. The summed E-state index contributed by atoms with van der Waals surface area (Å²) in [5.41, 5.74) is 3.09. The summed E-state index contributed by atoms with van der Waals surface area (Å²) in [5.74, 6) is 0. The van der Waals surface area contributed by atoms with Crippen LogP contribution in [0.5, 0.6) is 0 Å². The first-order valence-electron chi connectivity index (χ1n) is 8.04. The number of hydrogen-bond donors (Lipinski definition) is 1. The van der Waals surface area contributed by atoms with Crippen molar-refractivity contribution in [1.29, 1.82) is 0 Å². The van der Waals surface area contributed by atoms with E-state index in [1.54, 1.807) is 5.56 Å². The van der Waals surface area contributed by atoms with Crippen LogP contribution < -0.4 is 5.32 Å². The van der Waals surface area contributed by atoms with E-state index >= 15 is 0 Å². The van der Waals surface area contributed by atoms with Crippen LogP contribution in [-0.4, -0.2) is 30.6 Å². The highest BCUT2D eigenvalue weighted by atomic mass is 79.9. The monoisotopic (exact) mass is 336 g/mol. The molecule has 1 aliphatic carbocycles. The molecule has 2 atom stereocenters. The van der Waals surface area contributed by atoms with Gasteiger partial charge in [-0.15, -0.1) is 0 Å². The number of rotatable bonds is 4. The zero-order valence-corrected chi connectivity index (χ0v) is 14.0. The van der Waals surface area contributed by atoms with Gasteiger partial charge in [-0.05, 0) is 56.0 Å². The van der Waals surface area contributed by atoms with Crippen LogP contribution in [0.1, 0.15) is 49.8 Å². The van der Waals surface area contributed by atoms with Crippen LogP contribution in [0.3, 0.4) is 0 Å². The van der Waals surface area contributed by atoms with Gasteiger partial charge in [0.15, 0.2) is 0 Å². The molecule has 0 radical (unpaired) electrons. The van der Waals surface area contributed by atoms with Crippen molar-refractivity contribution in [2.45, 2.75) is 51.1 Å².